The van der Waals surface area contributed by atoms with Crippen molar-refractivity contribution in [2.75, 3.05) is 18.9 Å². The Morgan fingerprint density at radius 2 is 1.74 bits per heavy atom. The SMILES string of the molecule is CCCc1ccc(S(=O)(=O)c2c(N)cc(C)n(CC(=O)NCCON=C(N)N)c2=O)cc1.O=C(O)C(F)(F)F. The van der Waals surface area contributed by atoms with Gasteiger partial charge in [-0.3, -0.25) is 9.59 Å². The topological polar surface area (TPSA) is 222 Å². The third-order valence-electron chi connectivity index (χ3n) is 4.76. The summed E-state index contributed by atoms with van der Waals surface area (Å²) in [5, 5.41) is 13.0. The van der Waals surface area contributed by atoms with Crippen LogP contribution in [-0.2, 0) is 37.2 Å². The van der Waals surface area contributed by atoms with E-state index in [0.717, 1.165) is 23.0 Å². The summed E-state index contributed by atoms with van der Waals surface area (Å²) in [5.41, 5.74) is 16.4. The lowest BCUT2D eigenvalue weighted by Crippen LogP contribution is -2.37. The molecule has 0 unspecified atom stereocenters. The van der Waals surface area contributed by atoms with Crippen molar-refractivity contribution in [2.45, 2.75) is 49.2 Å². The number of anilines is 1. The lowest BCUT2D eigenvalue weighted by molar-refractivity contribution is -0.192. The van der Waals surface area contributed by atoms with Gasteiger partial charge in [0, 0.05) is 5.69 Å². The molecule has 8 N–H and O–H groups in total. The summed E-state index contributed by atoms with van der Waals surface area (Å²) in [4.78, 5) is 38.3. The Balaban J connectivity index is 0.000000956. The minimum absolute atomic E-state index is 0.00686. The van der Waals surface area contributed by atoms with Gasteiger partial charge in [0.1, 0.15) is 13.2 Å². The molecule has 13 nitrogen and oxygen atoms in total. The normalized spacial score (nSPS) is 11.1. The van der Waals surface area contributed by atoms with Crippen molar-refractivity contribution < 1.29 is 41.1 Å². The second kappa shape index (κ2) is 14.0. The number of oxime groups is 1. The molecule has 0 saturated heterocycles. The number of carboxylic acid groups (broad SMARTS) is 1. The quantitative estimate of drug-likeness (QED) is 0.113. The smallest absolute Gasteiger partial charge is 0.475 e. The van der Waals surface area contributed by atoms with E-state index < -0.39 is 44.9 Å². The lowest BCUT2D eigenvalue weighted by Gasteiger charge is -2.15. The van der Waals surface area contributed by atoms with E-state index in [-0.39, 0.29) is 29.7 Å². The maximum Gasteiger partial charge on any atom is 0.490 e. The summed E-state index contributed by atoms with van der Waals surface area (Å²) >= 11 is 0. The van der Waals surface area contributed by atoms with E-state index in [1.165, 1.54) is 18.2 Å². The minimum atomic E-state index is -5.08. The van der Waals surface area contributed by atoms with Gasteiger partial charge in [0.2, 0.25) is 21.7 Å². The third-order valence-corrected chi connectivity index (χ3v) is 6.60. The number of benzene rings is 1. The molecule has 0 saturated carbocycles. The molecule has 0 spiro atoms. The van der Waals surface area contributed by atoms with Crippen LogP contribution in [0.4, 0.5) is 18.9 Å². The fraction of sp³-hybridized carbons (Fsp3) is 0.364. The maximum absolute atomic E-state index is 13.1. The summed E-state index contributed by atoms with van der Waals surface area (Å²) in [7, 11) is -4.19. The van der Waals surface area contributed by atoms with Gasteiger partial charge in [-0.1, -0.05) is 25.5 Å². The highest BCUT2D eigenvalue weighted by atomic mass is 32.2. The van der Waals surface area contributed by atoms with E-state index in [9.17, 15) is 31.2 Å². The molecule has 2 rings (SSSR count). The Morgan fingerprint density at radius 3 is 2.23 bits per heavy atom. The molecule has 0 bridgehead atoms. The molecule has 1 aromatic heterocycles. The van der Waals surface area contributed by atoms with Gasteiger partial charge in [-0.25, -0.2) is 13.2 Å². The number of hydrogen-bond acceptors (Lipinski definition) is 8. The van der Waals surface area contributed by atoms with Crippen LogP contribution in [0.25, 0.3) is 0 Å². The molecule has 2 aromatic rings. The number of amides is 1. The van der Waals surface area contributed by atoms with Crippen LogP contribution >= 0.6 is 0 Å². The number of alkyl halides is 3. The molecule has 0 fully saturated rings. The third kappa shape index (κ3) is 9.84. The Labute approximate surface area is 221 Å². The molecule has 39 heavy (non-hydrogen) atoms. The zero-order valence-corrected chi connectivity index (χ0v) is 21.8. The standard InChI is InChI=1S/C20H28N6O5S.C2HF3O2/c1-3-4-14-5-7-15(8-6-14)32(29,30)18-16(21)11-13(2)26(19(18)28)12-17(27)24-9-10-31-25-20(22)23;3-2(4,5)1(6)7/h5-8,11H,3-4,9-10,12,21H2,1-2H3,(H,24,27)(H4,22,23,25);(H,6,7). The number of guanidine groups is 1. The fourth-order valence-corrected chi connectivity index (χ4v) is 4.48. The van der Waals surface area contributed by atoms with Crippen molar-refractivity contribution in [1.82, 2.24) is 9.88 Å². The maximum atomic E-state index is 13.1. The van der Waals surface area contributed by atoms with Crippen molar-refractivity contribution in [3.8, 4) is 0 Å². The summed E-state index contributed by atoms with van der Waals surface area (Å²) in [6.07, 6.45) is -3.35. The van der Waals surface area contributed by atoms with Crippen molar-refractivity contribution in [1.29, 1.82) is 0 Å². The Kier molecular flexibility index (Phi) is 11.8. The monoisotopic (exact) mass is 578 g/mol. The van der Waals surface area contributed by atoms with Crippen molar-refractivity contribution >= 4 is 33.4 Å². The first-order valence-electron chi connectivity index (χ1n) is 11.1. The highest BCUT2D eigenvalue weighted by molar-refractivity contribution is 7.91. The lowest BCUT2D eigenvalue weighted by atomic mass is 10.1. The van der Waals surface area contributed by atoms with Gasteiger partial charge in [0.25, 0.3) is 5.56 Å². The Morgan fingerprint density at radius 1 is 1.18 bits per heavy atom. The number of carbonyl (C=O) groups is 2. The molecule has 1 aromatic carbocycles. The van der Waals surface area contributed by atoms with Crippen molar-refractivity contribution in [2.24, 2.45) is 16.6 Å². The van der Waals surface area contributed by atoms with Gasteiger partial charge in [0.15, 0.2) is 4.90 Å². The minimum Gasteiger partial charge on any atom is -0.475 e. The zero-order valence-electron chi connectivity index (χ0n) is 21.0. The molecule has 1 amide bonds. The Bertz CT molecular complexity index is 1350. The number of aromatic nitrogens is 1. The van der Waals surface area contributed by atoms with Gasteiger partial charge in [-0.05, 0) is 42.3 Å². The van der Waals surface area contributed by atoms with E-state index >= 15 is 0 Å². The number of nitrogen functional groups attached to an aromatic ring is 1. The molecule has 0 aliphatic rings. The second-order valence-electron chi connectivity index (χ2n) is 7.86. The van der Waals surface area contributed by atoms with Crippen LogP contribution < -0.4 is 28.1 Å². The number of rotatable bonds is 10. The molecule has 1 heterocycles. The average Bonchev–Trinajstić information content (AvgIpc) is 2.81. The van der Waals surface area contributed by atoms with Gasteiger partial charge >= 0.3 is 12.1 Å². The van der Waals surface area contributed by atoms with Crippen molar-refractivity contribution in [3.63, 3.8) is 0 Å². The van der Waals surface area contributed by atoms with E-state index in [0.29, 0.717) is 5.69 Å². The molecule has 216 valence electrons. The van der Waals surface area contributed by atoms with Gasteiger partial charge in [0.05, 0.1) is 17.1 Å². The number of aryl methyl sites for hydroxylation is 2. The van der Waals surface area contributed by atoms with Crippen LogP contribution in [0.15, 0.2) is 50.1 Å². The zero-order chi connectivity index (χ0) is 30.0. The number of pyridine rings is 1. The van der Waals surface area contributed by atoms with Crippen LogP contribution in [-0.4, -0.2) is 55.3 Å². The molecular formula is C22H29F3N6O7S. The predicted molar refractivity (Wildman–Crippen MR) is 134 cm³/mol. The molecule has 0 aliphatic heterocycles. The van der Waals surface area contributed by atoms with Crippen LogP contribution in [0.2, 0.25) is 0 Å². The molecule has 0 aliphatic carbocycles. The number of nitrogens with one attached hydrogen (secondary N) is 1. The molecular weight excluding hydrogens is 549 g/mol. The second-order valence-corrected chi connectivity index (χ2v) is 9.75. The summed E-state index contributed by atoms with van der Waals surface area (Å²) in [5.74, 6) is -3.54. The summed E-state index contributed by atoms with van der Waals surface area (Å²) in [6.45, 7) is 3.27. The summed E-state index contributed by atoms with van der Waals surface area (Å²) < 4.78 is 59.1. The largest absolute Gasteiger partial charge is 0.490 e. The van der Waals surface area contributed by atoms with E-state index in [4.69, 9.17) is 31.9 Å². The predicted octanol–water partition coefficient (Wildman–Crippen LogP) is 0.479. The highest BCUT2D eigenvalue weighted by Crippen LogP contribution is 2.24. The van der Waals surface area contributed by atoms with Crippen molar-refractivity contribution in [3.05, 3.63) is 51.9 Å². The molecule has 0 atom stereocenters. The fourth-order valence-electron chi connectivity index (χ4n) is 3.04. The summed E-state index contributed by atoms with van der Waals surface area (Å²) in [6, 6.07) is 7.67. The number of carbonyl (C=O) groups excluding carboxylic acids is 1. The van der Waals surface area contributed by atoms with Gasteiger partial charge < -0.3 is 37.0 Å². The van der Waals surface area contributed by atoms with E-state index in [1.54, 1.807) is 19.1 Å². The molecule has 17 heteroatoms. The highest BCUT2D eigenvalue weighted by Gasteiger charge is 2.38. The van der Waals surface area contributed by atoms with Gasteiger partial charge in [-0.2, -0.15) is 13.2 Å². The number of hydrogen-bond donors (Lipinski definition) is 5. The number of carboxylic acids is 1. The number of nitrogens with two attached hydrogens (primary N) is 3. The Hall–Kier alpha value is -4.28. The number of sulfone groups is 1. The molecule has 0 radical (unpaired) electrons. The van der Waals surface area contributed by atoms with Gasteiger partial charge in [-0.15, -0.1) is 0 Å². The number of halogens is 3. The first-order valence-corrected chi connectivity index (χ1v) is 12.6. The van der Waals surface area contributed by atoms with Crippen LogP contribution in [0.1, 0.15) is 24.6 Å². The number of nitrogens with zero attached hydrogens (tertiary/aromatic N) is 2. The first kappa shape index (κ1) is 32.7. The van der Waals surface area contributed by atoms with E-state index in [1.807, 2.05) is 6.92 Å². The average molecular weight is 579 g/mol. The first-order chi connectivity index (χ1) is 18.0. The van der Waals surface area contributed by atoms with Crippen LogP contribution in [0.3, 0.4) is 0 Å². The van der Waals surface area contributed by atoms with E-state index in [2.05, 4.69) is 10.5 Å². The van der Waals surface area contributed by atoms with Crippen LogP contribution in [0, 0.1) is 6.92 Å². The number of aliphatic carboxylic acids is 1. The van der Waals surface area contributed by atoms with Crippen LogP contribution in [0.5, 0.6) is 0 Å².